The lowest BCUT2D eigenvalue weighted by molar-refractivity contribution is 0.156. The number of nitrogens with zero attached hydrogens (tertiary/aromatic N) is 3. The van der Waals surface area contributed by atoms with Gasteiger partial charge in [-0.1, -0.05) is 12.1 Å². The molecule has 1 atom stereocenters. The maximum Gasteiger partial charge on any atom is 0.193 e. The largest absolute Gasteiger partial charge is 0.381 e. The van der Waals surface area contributed by atoms with E-state index in [-0.39, 0.29) is 0 Å². The van der Waals surface area contributed by atoms with Crippen molar-refractivity contribution in [1.29, 1.82) is 0 Å². The van der Waals surface area contributed by atoms with Crippen molar-refractivity contribution in [3.63, 3.8) is 0 Å². The molecule has 2 saturated heterocycles. The van der Waals surface area contributed by atoms with Crippen molar-refractivity contribution in [1.82, 2.24) is 10.2 Å². The average molecular weight is 345 g/mol. The molecular weight excluding hydrogens is 312 g/mol. The fourth-order valence-electron chi connectivity index (χ4n) is 3.76. The molecule has 2 heterocycles. The molecule has 2 aliphatic rings. The van der Waals surface area contributed by atoms with Crippen molar-refractivity contribution in [3.8, 4) is 0 Å². The molecule has 0 bridgehead atoms. The number of guanidine groups is 1. The van der Waals surface area contributed by atoms with E-state index in [1.165, 1.54) is 24.1 Å². The number of hydrogen-bond donors (Lipinski definition) is 1. The van der Waals surface area contributed by atoms with Gasteiger partial charge in [-0.25, -0.2) is 0 Å². The molecule has 138 valence electrons. The molecule has 5 nitrogen and oxygen atoms in total. The third-order valence-corrected chi connectivity index (χ3v) is 5.37. The maximum atomic E-state index is 5.65. The van der Waals surface area contributed by atoms with Gasteiger partial charge in [0.1, 0.15) is 0 Å². The quantitative estimate of drug-likeness (QED) is 0.658. The molecule has 0 amide bonds. The Bertz CT molecular complexity index is 576. The zero-order chi connectivity index (χ0) is 17.7. The predicted octanol–water partition coefficient (Wildman–Crippen LogP) is 2.37. The summed E-state index contributed by atoms with van der Waals surface area (Å²) in [7, 11) is 4.14. The molecule has 2 fully saturated rings. The third-order valence-electron chi connectivity index (χ3n) is 5.37. The van der Waals surface area contributed by atoms with Crippen LogP contribution >= 0.6 is 0 Å². The normalized spacial score (nSPS) is 23.5. The summed E-state index contributed by atoms with van der Waals surface area (Å²) in [4.78, 5) is 9.43. The van der Waals surface area contributed by atoms with E-state index in [2.05, 4.69) is 60.4 Å². The van der Waals surface area contributed by atoms with Crippen LogP contribution in [-0.2, 0) is 11.2 Å². The molecule has 2 aliphatic heterocycles. The number of hydrogen-bond acceptors (Lipinski definition) is 3. The molecule has 3 rings (SSSR count). The molecule has 1 unspecified atom stereocenters. The second-order valence-corrected chi connectivity index (χ2v) is 7.52. The molecule has 5 heteroatoms. The Hall–Kier alpha value is -1.75. The first kappa shape index (κ1) is 18.1. The van der Waals surface area contributed by atoms with Crippen LogP contribution in [0.4, 0.5) is 5.69 Å². The molecule has 25 heavy (non-hydrogen) atoms. The maximum absolute atomic E-state index is 5.65. The third kappa shape index (κ3) is 4.46. The Morgan fingerprint density at radius 1 is 1.28 bits per heavy atom. The van der Waals surface area contributed by atoms with E-state index in [9.17, 15) is 0 Å². The van der Waals surface area contributed by atoms with Gasteiger partial charge in [0.2, 0.25) is 0 Å². The van der Waals surface area contributed by atoms with Gasteiger partial charge in [0.05, 0.1) is 6.61 Å². The van der Waals surface area contributed by atoms with Crippen LogP contribution in [0.15, 0.2) is 29.3 Å². The van der Waals surface area contributed by atoms with Gasteiger partial charge < -0.3 is 19.9 Å². The second kappa shape index (κ2) is 8.09. The molecule has 0 saturated carbocycles. The van der Waals surface area contributed by atoms with Crippen molar-refractivity contribution < 1.29 is 4.74 Å². The lowest BCUT2D eigenvalue weighted by atomic mass is 9.87. The van der Waals surface area contributed by atoms with E-state index in [4.69, 9.17) is 9.73 Å². The number of likely N-dealkylation sites (tertiary alicyclic amines) is 1. The van der Waals surface area contributed by atoms with Crippen LogP contribution in [0.25, 0.3) is 0 Å². The molecular formula is C20H32N4O. The summed E-state index contributed by atoms with van der Waals surface area (Å²) >= 11 is 0. The SMILES string of the molecule is CCNC(=NCCc1ccc(N(C)C)cc1)N1CCC2(CCOC2)C1. The van der Waals surface area contributed by atoms with Gasteiger partial charge in [-0.2, -0.15) is 0 Å². The predicted molar refractivity (Wildman–Crippen MR) is 105 cm³/mol. The van der Waals surface area contributed by atoms with Crippen LogP contribution in [0.5, 0.6) is 0 Å². The topological polar surface area (TPSA) is 40.1 Å². The molecule has 0 aromatic heterocycles. The van der Waals surface area contributed by atoms with E-state index < -0.39 is 0 Å². The van der Waals surface area contributed by atoms with Crippen molar-refractivity contribution in [2.45, 2.75) is 26.2 Å². The van der Waals surface area contributed by atoms with Crippen molar-refractivity contribution in [2.24, 2.45) is 10.4 Å². The fraction of sp³-hybridized carbons (Fsp3) is 0.650. The summed E-state index contributed by atoms with van der Waals surface area (Å²) < 4.78 is 5.65. The van der Waals surface area contributed by atoms with Gasteiger partial charge in [-0.3, -0.25) is 4.99 Å². The minimum Gasteiger partial charge on any atom is -0.381 e. The number of anilines is 1. The van der Waals surface area contributed by atoms with Crippen molar-refractivity contribution in [2.75, 3.05) is 58.4 Å². The monoisotopic (exact) mass is 344 g/mol. The van der Waals surface area contributed by atoms with Crippen LogP contribution in [0, 0.1) is 5.41 Å². The Morgan fingerprint density at radius 2 is 2.08 bits per heavy atom. The van der Waals surface area contributed by atoms with Crippen molar-refractivity contribution >= 4 is 11.6 Å². The van der Waals surface area contributed by atoms with Gasteiger partial charge >= 0.3 is 0 Å². The summed E-state index contributed by atoms with van der Waals surface area (Å²) in [5.74, 6) is 1.07. The Kier molecular flexibility index (Phi) is 5.84. The van der Waals surface area contributed by atoms with Crippen molar-refractivity contribution in [3.05, 3.63) is 29.8 Å². The van der Waals surface area contributed by atoms with E-state index in [1.54, 1.807) is 0 Å². The molecule has 1 aromatic rings. The zero-order valence-electron chi connectivity index (χ0n) is 15.9. The highest BCUT2D eigenvalue weighted by molar-refractivity contribution is 5.80. The van der Waals surface area contributed by atoms with Crippen LogP contribution in [0.1, 0.15) is 25.3 Å². The number of aliphatic imine (C=N–C) groups is 1. The van der Waals surface area contributed by atoms with Gasteiger partial charge in [-0.05, 0) is 43.9 Å². The molecule has 1 spiro atoms. The fourth-order valence-corrected chi connectivity index (χ4v) is 3.76. The smallest absolute Gasteiger partial charge is 0.193 e. The molecule has 1 N–H and O–H groups in total. The van der Waals surface area contributed by atoms with E-state index in [0.29, 0.717) is 5.41 Å². The first-order valence-corrected chi connectivity index (χ1v) is 9.49. The minimum absolute atomic E-state index is 0.373. The lowest BCUT2D eigenvalue weighted by Gasteiger charge is -2.25. The highest BCUT2D eigenvalue weighted by Crippen LogP contribution is 2.38. The van der Waals surface area contributed by atoms with Gasteiger partial charge in [0.25, 0.3) is 0 Å². The Balaban J connectivity index is 1.57. The standard InChI is InChI=1S/C20H32N4O/c1-4-21-19(24-13-10-20(15-24)11-14-25-16-20)22-12-9-17-5-7-18(8-6-17)23(2)3/h5-8H,4,9-16H2,1-3H3,(H,21,22). The number of nitrogens with one attached hydrogen (secondary N) is 1. The first-order chi connectivity index (χ1) is 12.1. The molecule has 1 aromatic carbocycles. The van der Waals surface area contributed by atoms with E-state index >= 15 is 0 Å². The number of ether oxygens (including phenoxy) is 1. The summed E-state index contributed by atoms with van der Waals surface area (Å²) in [6, 6.07) is 8.76. The molecule has 0 aliphatic carbocycles. The summed E-state index contributed by atoms with van der Waals surface area (Å²) in [6.45, 7) is 7.88. The van der Waals surface area contributed by atoms with E-state index in [0.717, 1.165) is 51.8 Å². The Labute approximate surface area is 152 Å². The van der Waals surface area contributed by atoms with Gasteiger partial charge in [0.15, 0.2) is 5.96 Å². The second-order valence-electron chi connectivity index (χ2n) is 7.52. The van der Waals surface area contributed by atoms with Crippen LogP contribution in [0.3, 0.4) is 0 Å². The van der Waals surface area contributed by atoms with Crippen LogP contribution in [-0.4, -0.2) is 64.3 Å². The number of benzene rings is 1. The first-order valence-electron chi connectivity index (χ1n) is 9.49. The summed E-state index contributed by atoms with van der Waals surface area (Å²) in [6.07, 6.45) is 3.40. The Morgan fingerprint density at radius 3 is 2.72 bits per heavy atom. The van der Waals surface area contributed by atoms with Gasteiger partial charge in [0, 0.05) is 58.0 Å². The van der Waals surface area contributed by atoms with E-state index in [1.807, 2.05) is 0 Å². The lowest BCUT2D eigenvalue weighted by Crippen LogP contribution is -2.41. The number of rotatable bonds is 5. The zero-order valence-corrected chi connectivity index (χ0v) is 15.9. The average Bonchev–Trinajstić information content (AvgIpc) is 3.25. The van der Waals surface area contributed by atoms with Crippen LogP contribution < -0.4 is 10.2 Å². The molecule has 0 radical (unpaired) electrons. The highest BCUT2D eigenvalue weighted by atomic mass is 16.5. The van der Waals surface area contributed by atoms with Gasteiger partial charge in [-0.15, -0.1) is 0 Å². The highest BCUT2D eigenvalue weighted by Gasteiger charge is 2.42. The minimum atomic E-state index is 0.373. The summed E-state index contributed by atoms with van der Waals surface area (Å²) in [5, 5.41) is 3.47. The summed E-state index contributed by atoms with van der Waals surface area (Å²) in [5.41, 5.74) is 2.95. The van der Waals surface area contributed by atoms with Crippen LogP contribution in [0.2, 0.25) is 0 Å².